The number of anilines is 1. The summed E-state index contributed by atoms with van der Waals surface area (Å²) in [6.45, 7) is 2.22. The van der Waals surface area contributed by atoms with E-state index in [2.05, 4.69) is 10.2 Å². The van der Waals surface area contributed by atoms with Gasteiger partial charge < -0.3 is 30.1 Å². The van der Waals surface area contributed by atoms with Gasteiger partial charge in [-0.1, -0.05) is 30.3 Å². The van der Waals surface area contributed by atoms with Crippen LogP contribution in [0.15, 0.2) is 78.9 Å². The molecule has 11 heteroatoms. The second-order valence-corrected chi connectivity index (χ2v) is 9.11. The summed E-state index contributed by atoms with van der Waals surface area (Å²) in [4.78, 5) is 39.0. The number of nitrogens with one attached hydrogen (secondary N) is 1. The number of nitrogens with zero attached hydrogens (tertiary/aromatic N) is 3. The maximum Gasteiger partial charge on any atom is 0.269 e. The third-order valence-electron chi connectivity index (χ3n) is 6.48. The van der Waals surface area contributed by atoms with Gasteiger partial charge in [-0.25, -0.2) is 0 Å². The Morgan fingerprint density at radius 2 is 1.49 bits per heavy atom. The van der Waals surface area contributed by atoms with Crippen LogP contribution in [-0.2, 0) is 22.7 Å². The summed E-state index contributed by atoms with van der Waals surface area (Å²) in [6.07, 6.45) is -3.75. The number of aliphatic hydroxyl groups excluding tert-OH is 2. The molecule has 0 radical (unpaired) electrons. The van der Waals surface area contributed by atoms with Gasteiger partial charge in [0, 0.05) is 50.5 Å². The lowest BCUT2D eigenvalue weighted by Crippen LogP contribution is -2.55. The zero-order valence-electron chi connectivity index (χ0n) is 21.2. The summed E-state index contributed by atoms with van der Waals surface area (Å²) in [7, 11) is 0. The maximum atomic E-state index is 12.7. The number of carbonyl (C=O) groups is 2. The van der Waals surface area contributed by atoms with E-state index >= 15 is 0 Å². The molecule has 0 aliphatic carbocycles. The van der Waals surface area contributed by atoms with E-state index in [-0.39, 0.29) is 18.8 Å². The van der Waals surface area contributed by atoms with Crippen LogP contribution < -0.4 is 15.0 Å². The summed E-state index contributed by atoms with van der Waals surface area (Å²) in [5.74, 6) is -0.964. The van der Waals surface area contributed by atoms with Crippen molar-refractivity contribution in [1.82, 2.24) is 10.2 Å². The number of carbonyl (C=O) groups excluding carboxylic acids is 2. The summed E-state index contributed by atoms with van der Waals surface area (Å²) in [5, 5.41) is 33.9. The van der Waals surface area contributed by atoms with Gasteiger partial charge in [0.2, 0.25) is 0 Å². The van der Waals surface area contributed by atoms with Crippen molar-refractivity contribution in [3.63, 3.8) is 0 Å². The van der Waals surface area contributed by atoms with E-state index in [1.807, 2.05) is 30.3 Å². The first-order valence-corrected chi connectivity index (χ1v) is 12.5. The van der Waals surface area contributed by atoms with Crippen LogP contribution in [0.1, 0.15) is 11.1 Å². The zero-order chi connectivity index (χ0) is 27.8. The van der Waals surface area contributed by atoms with E-state index in [9.17, 15) is 29.9 Å². The third kappa shape index (κ3) is 7.30. The number of ether oxygens (including phenoxy) is 1. The number of rotatable bonds is 10. The van der Waals surface area contributed by atoms with Gasteiger partial charge in [0.1, 0.15) is 12.4 Å². The molecule has 204 valence electrons. The van der Waals surface area contributed by atoms with E-state index in [4.69, 9.17) is 4.74 Å². The molecule has 0 bridgehead atoms. The van der Waals surface area contributed by atoms with Gasteiger partial charge >= 0.3 is 0 Å². The van der Waals surface area contributed by atoms with Crippen LogP contribution in [0, 0.1) is 10.1 Å². The van der Waals surface area contributed by atoms with E-state index in [1.54, 1.807) is 36.4 Å². The minimum Gasteiger partial charge on any atom is -0.489 e. The Morgan fingerprint density at radius 3 is 2.10 bits per heavy atom. The molecule has 0 aromatic heterocycles. The SMILES string of the molecule is O=C(NCc1ccc(OCc2ccc([N+](=O)[O-])cc2)cc1)[C@H](O)[C@@H](O)C(=O)N1CCN(c2ccccc2)CC1. The molecular formula is C28H30N4O7. The van der Waals surface area contributed by atoms with Crippen molar-refractivity contribution < 1.29 is 29.5 Å². The highest BCUT2D eigenvalue weighted by Crippen LogP contribution is 2.18. The van der Waals surface area contributed by atoms with Crippen LogP contribution in [0.2, 0.25) is 0 Å². The van der Waals surface area contributed by atoms with Crippen molar-refractivity contribution >= 4 is 23.2 Å². The quantitative estimate of drug-likeness (QED) is 0.264. The Balaban J connectivity index is 1.20. The number of amides is 2. The van der Waals surface area contributed by atoms with Crippen molar-refractivity contribution in [2.75, 3.05) is 31.1 Å². The van der Waals surface area contributed by atoms with Gasteiger partial charge in [0.25, 0.3) is 17.5 Å². The Bertz CT molecular complexity index is 1260. The van der Waals surface area contributed by atoms with Crippen LogP contribution in [0.5, 0.6) is 5.75 Å². The van der Waals surface area contributed by atoms with Gasteiger partial charge in [0.15, 0.2) is 12.2 Å². The fraction of sp³-hybridized carbons (Fsp3) is 0.286. The van der Waals surface area contributed by atoms with Gasteiger partial charge in [-0.15, -0.1) is 0 Å². The van der Waals surface area contributed by atoms with Crippen LogP contribution in [0.4, 0.5) is 11.4 Å². The van der Waals surface area contributed by atoms with Crippen LogP contribution in [0.3, 0.4) is 0 Å². The average molecular weight is 535 g/mol. The van der Waals surface area contributed by atoms with E-state index in [1.165, 1.54) is 17.0 Å². The number of nitro groups is 1. The van der Waals surface area contributed by atoms with Crippen LogP contribution in [-0.4, -0.2) is 70.2 Å². The molecule has 1 heterocycles. The number of hydrogen-bond acceptors (Lipinski definition) is 8. The monoisotopic (exact) mass is 534 g/mol. The molecule has 2 atom stereocenters. The first-order valence-electron chi connectivity index (χ1n) is 12.5. The molecule has 11 nitrogen and oxygen atoms in total. The molecule has 1 saturated heterocycles. The fourth-order valence-corrected chi connectivity index (χ4v) is 4.17. The van der Waals surface area contributed by atoms with Crippen LogP contribution in [0.25, 0.3) is 0 Å². The lowest BCUT2D eigenvalue weighted by Gasteiger charge is -2.37. The molecule has 4 rings (SSSR count). The molecule has 2 amide bonds. The van der Waals surface area contributed by atoms with Crippen molar-refractivity contribution in [3.05, 3.63) is 100 Å². The molecule has 1 aliphatic rings. The van der Waals surface area contributed by atoms with E-state index in [0.717, 1.165) is 16.8 Å². The summed E-state index contributed by atoms with van der Waals surface area (Å²) in [5.41, 5.74) is 2.55. The molecule has 3 aromatic rings. The number of nitro benzene ring substituents is 1. The third-order valence-corrected chi connectivity index (χ3v) is 6.48. The highest BCUT2D eigenvalue weighted by molar-refractivity contribution is 5.90. The molecule has 0 spiro atoms. The first-order chi connectivity index (χ1) is 18.8. The highest BCUT2D eigenvalue weighted by Gasteiger charge is 2.34. The molecule has 39 heavy (non-hydrogen) atoms. The summed E-state index contributed by atoms with van der Waals surface area (Å²) in [6, 6.07) is 22.7. The Morgan fingerprint density at radius 1 is 0.872 bits per heavy atom. The fourth-order valence-electron chi connectivity index (χ4n) is 4.17. The largest absolute Gasteiger partial charge is 0.489 e. The second-order valence-electron chi connectivity index (χ2n) is 9.11. The van der Waals surface area contributed by atoms with Crippen molar-refractivity contribution in [2.45, 2.75) is 25.4 Å². The predicted octanol–water partition coefficient (Wildman–Crippen LogP) is 1.86. The standard InChI is InChI=1S/C28H30N4O7/c33-25(26(34)28(36)31-16-14-30(15-17-31)22-4-2-1-3-5-22)27(35)29-18-20-8-12-24(13-9-20)39-19-21-6-10-23(11-7-21)32(37)38/h1-13,25-26,33-34H,14-19H2,(H,29,35)/t25-,26-/m1/s1. The molecule has 0 unspecified atom stereocenters. The van der Waals surface area contributed by atoms with Crippen molar-refractivity contribution in [2.24, 2.45) is 0 Å². The molecule has 3 N–H and O–H groups in total. The lowest BCUT2D eigenvalue weighted by molar-refractivity contribution is -0.384. The van der Waals surface area contributed by atoms with E-state index in [0.29, 0.717) is 31.9 Å². The highest BCUT2D eigenvalue weighted by atomic mass is 16.6. The predicted molar refractivity (Wildman–Crippen MR) is 143 cm³/mol. The minimum atomic E-state index is -1.89. The molecule has 0 saturated carbocycles. The number of hydrogen-bond donors (Lipinski definition) is 3. The van der Waals surface area contributed by atoms with Gasteiger partial charge in [-0.2, -0.15) is 0 Å². The lowest BCUT2D eigenvalue weighted by atomic mass is 10.1. The molecular weight excluding hydrogens is 504 g/mol. The normalized spacial score (nSPS) is 14.8. The molecule has 3 aromatic carbocycles. The number of non-ortho nitro benzene ring substituents is 1. The topological polar surface area (TPSA) is 145 Å². The smallest absolute Gasteiger partial charge is 0.269 e. The Labute approximate surface area is 225 Å². The molecule has 1 fully saturated rings. The van der Waals surface area contributed by atoms with Crippen molar-refractivity contribution in [1.29, 1.82) is 0 Å². The molecule has 1 aliphatic heterocycles. The van der Waals surface area contributed by atoms with Gasteiger partial charge in [0.05, 0.1) is 4.92 Å². The van der Waals surface area contributed by atoms with Gasteiger partial charge in [-0.05, 0) is 47.5 Å². The minimum absolute atomic E-state index is 0.00817. The number of piperazine rings is 1. The van der Waals surface area contributed by atoms with Crippen molar-refractivity contribution in [3.8, 4) is 5.75 Å². The van der Waals surface area contributed by atoms with Gasteiger partial charge in [-0.3, -0.25) is 19.7 Å². The maximum absolute atomic E-state index is 12.7. The Hall–Kier alpha value is -4.48. The zero-order valence-corrected chi connectivity index (χ0v) is 21.2. The number of aliphatic hydroxyl groups is 2. The first kappa shape index (κ1) is 27.6. The summed E-state index contributed by atoms with van der Waals surface area (Å²) >= 11 is 0. The summed E-state index contributed by atoms with van der Waals surface area (Å²) < 4.78 is 5.68. The average Bonchev–Trinajstić information content (AvgIpc) is 2.99. The van der Waals surface area contributed by atoms with Crippen LogP contribution >= 0.6 is 0 Å². The Kier molecular flexibility index (Phi) is 9.08. The second kappa shape index (κ2) is 12.9. The number of para-hydroxylation sites is 1. The number of benzene rings is 3. The van der Waals surface area contributed by atoms with E-state index < -0.39 is 28.9 Å².